The molecular weight excluding hydrogens is 435 g/mol. The van der Waals surface area contributed by atoms with Crippen LogP contribution in [-0.2, 0) is 6.18 Å². The van der Waals surface area contributed by atoms with Gasteiger partial charge in [0.1, 0.15) is 5.69 Å². The van der Waals surface area contributed by atoms with Crippen LogP contribution in [0.3, 0.4) is 0 Å². The van der Waals surface area contributed by atoms with Crippen molar-refractivity contribution in [2.45, 2.75) is 6.18 Å². The molecule has 27 heavy (non-hydrogen) atoms. The predicted octanol–water partition coefficient (Wildman–Crippen LogP) is 4.84. The zero-order chi connectivity index (χ0) is 20.2. The summed E-state index contributed by atoms with van der Waals surface area (Å²) in [5.74, 6) is 0.794. The molecule has 0 fully saturated rings. The molecule has 0 amide bonds. The van der Waals surface area contributed by atoms with Crippen LogP contribution in [0.5, 0.6) is 11.5 Å². The van der Waals surface area contributed by atoms with Crippen LogP contribution in [-0.4, -0.2) is 25.4 Å². The Hall–Kier alpha value is -2.82. The predicted molar refractivity (Wildman–Crippen MR) is 96.6 cm³/mol. The third kappa shape index (κ3) is 4.88. The lowest BCUT2D eigenvalue weighted by Crippen LogP contribution is -2.06. The molecule has 1 N–H and O–H groups in total. The molecule has 2 aromatic rings. The van der Waals surface area contributed by atoms with E-state index < -0.39 is 22.4 Å². The van der Waals surface area contributed by atoms with Crippen molar-refractivity contribution in [2.75, 3.05) is 19.6 Å². The summed E-state index contributed by atoms with van der Waals surface area (Å²) in [4.78, 5) is 10.1. The van der Waals surface area contributed by atoms with Gasteiger partial charge < -0.3 is 9.47 Å². The molecule has 0 unspecified atom stereocenters. The van der Waals surface area contributed by atoms with Crippen molar-refractivity contribution >= 4 is 33.5 Å². The van der Waals surface area contributed by atoms with Crippen LogP contribution in [0.4, 0.5) is 24.5 Å². The topological polar surface area (TPSA) is 86.0 Å². The Morgan fingerprint density at radius 2 is 1.93 bits per heavy atom. The number of hydrogen-bond donors (Lipinski definition) is 1. The second kappa shape index (κ2) is 8.25. The van der Waals surface area contributed by atoms with Gasteiger partial charge in [0.15, 0.2) is 11.5 Å². The van der Waals surface area contributed by atoms with E-state index in [-0.39, 0.29) is 5.69 Å². The SMILES string of the molecule is COc1cc(Br)cc(/C=N\Nc2ccc(C(F)(F)F)cc2[N+](=O)[O-])c1OC. The molecule has 0 aromatic heterocycles. The maximum atomic E-state index is 12.7. The van der Waals surface area contributed by atoms with Crippen LogP contribution in [0, 0.1) is 10.1 Å². The second-order valence-corrected chi connectivity index (χ2v) is 6.00. The van der Waals surface area contributed by atoms with Crippen LogP contribution >= 0.6 is 15.9 Å². The average molecular weight is 448 g/mol. The molecule has 11 heteroatoms. The maximum Gasteiger partial charge on any atom is 0.416 e. The monoisotopic (exact) mass is 447 g/mol. The first-order valence-corrected chi connectivity index (χ1v) is 8.03. The van der Waals surface area contributed by atoms with Gasteiger partial charge in [-0.25, -0.2) is 0 Å². The Labute approximate surface area is 160 Å². The number of rotatable bonds is 6. The number of nitrogens with one attached hydrogen (secondary N) is 1. The zero-order valence-electron chi connectivity index (χ0n) is 14.0. The number of hydrazone groups is 1. The highest BCUT2D eigenvalue weighted by molar-refractivity contribution is 9.10. The highest BCUT2D eigenvalue weighted by atomic mass is 79.9. The fourth-order valence-electron chi connectivity index (χ4n) is 2.18. The van der Waals surface area contributed by atoms with E-state index in [0.29, 0.717) is 27.6 Å². The number of hydrogen-bond acceptors (Lipinski definition) is 6. The minimum Gasteiger partial charge on any atom is -0.493 e. The number of halogens is 4. The van der Waals surface area contributed by atoms with Gasteiger partial charge in [-0.15, -0.1) is 0 Å². The molecule has 0 atom stereocenters. The molecule has 0 aliphatic rings. The van der Waals surface area contributed by atoms with Crippen molar-refractivity contribution in [3.05, 3.63) is 56.0 Å². The molecule has 0 radical (unpaired) electrons. The summed E-state index contributed by atoms with van der Waals surface area (Å²) in [6, 6.07) is 5.45. The van der Waals surface area contributed by atoms with E-state index in [1.54, 1.807) is 12.1 Å². The van der Waals surface area contributed by atoms with Crippen LogP contribution in [0.15, 0.2) is 39.9 Å². The number of nitro groups is 1. The molecule has 144 valence electrons. The Morgan fingerprint density at radius 3 is 2.48 bits per heavy atom. The summed E-state index contributed by atoms with van der Waals surface area (Å²) in [5.41, 5.74) is 0.794. The Balaban J connectivity index is 2.34. The van der Waals surface area contributed by atoms with Crippen molar-refractivity contribution < 1.29 is 27.6 Å². The molecule has 0 saturated heterocycles. The summed E-state index contributed by atoms with van der Waals surface area (Å²) in [6.07, 6.45) is -3.39. The van der Waals surface area contributed by atoms with Crippen molar-refractivity contribution in [1.82, 2.24) is 0 Å². The number of nitrogens with zero attached hydrogens (tertiary/aromatic N) is 2. The maximum absolute atomic E-state index is 12.7. The largest absolute Gasteiger partial charge is 0.493 e. The Morgan fingerprint density at radius 1 is 1.22 bits per heavy atom. The Kier molecular flexibility index (Phi) is 6.26. The Bertz CT molecular complexity index is 888. The molecule has 0 spiro atoms. The zero-order valence-corrected chi connectivity index (χ0v) is 15.6. The van der Waals surface area contributed by atoms with E-state index in [1.165, 1.54) is 20.4 Å². The number of alkyl halides is 3. The van der Waals surface area contributed by atoms with E-state index in [2.05, 4.69) is 26.5 Å². The molecule has 0 aliphatic heterocycles. The smallest absolute Gasteiger partial charge is 0.416 e. The van der Waals surface area contributed by atoms with Crippen molar-refractivity contribution in [3.63, 3.8) is 0 Å². The first-order valence-electron chi connectivity index (χ1n) is 7.23. The molecule has 2 rings (SSSR count). The van der Waals surface area contributed by atoms with E-state index in [0.717, 1.165) is 12.1 Å². The highest BCUT2D eigenvalue weighted by Gasteiger charge is 2.33. The minimum absolute atomic E-state index is 0.190. The molecule has 0 bridgehead atoms. The van der Waals surface area contributed by atoms with E-state index in [4.69, 9.17) is 9.47 Å². The van der Waals surface area contributed by atoms with E-state index in [9.17, 15) is 23.3 Å². The molecule has 7 nitrogen and oxygen atoms in total. The average Bonchev–Trinajstić information content (AvgIpc) is 2.60. The van der Waals surface area contributed by atoms with Crippen LogP contribution < -0.4 is 14.9 Å². The van der Waals surface area contributed by atoms with E-state index >= 15 is 0 Å². The van der Waals surface area contributed by atoms with Gasteiger partial charge in [0, 0.05) is 16.1 Å². The van der Waals surface area contributed by atoms with Crippen LogP contribution in [0.25, 0.3) is 0 Å². The fraction of sp³-hybridized carbons (Fsp3) is 0.188. The molecular formula is C16H13BrF3N3O4. The molecule has 2 aromatic carbocycles. The van der Waals surface area contributed by atoms with Gasteiger partial charge >= 0.3 is 6.18 Å². The summed E-state index contributed by atoms with van der Waals surface area (Å²) in [6.45, 7) is 0. The van der Waals surface area contributed by atoms with Gasteiger partial charge in [0.2, 0.25) is 0 Å². The number of nitro benzene ring substituents is 1. The lowest BCUT2D eigenvalue weighted by Gasteiger charge is -2.11. The second-order valence-electron chi connectivity index (χ2n) is 5.09. The number of methoxy groups -OCH3 is 2. The number of anilines is 1. The first kappa shape index (κ1) is 20.5. The highest BCUT2D eigenvalue weighted by Crippen LogP contribution is 2.36. The van der Waals surface area contributed by atoms with E-state index in [1.807, 2.05) is 0 Å². The van der Waals surface area contributed by atoms with Gasteiger partial charge in [-0.05, 0) is 24.3 Å². The van der Waals surface area contributed by atoms with Crippen LogP contribution in [0.1, 0.15) is 11.1 Å². The summed E-state index contributed by atoms with van der Waals surface area (Å²) in [5, 5.41) is 14.9. The lowest BCUT2D eigenvalue weighted by molar-refractivity contribution is -0.384. The summed E-state index contributed by atoms with van der Waals surface area (Å²) >= 11 is 3.30. The third-order valence-electron chi connectivity index (χ3n) is 3.38. The van der Waals surface area contributed by atoms with Crippen molar-refractivity contribution in [2.24, 2.45) is 5.10 Å². The number of ether oxygens (including phenoxy) is 2. The lowest BCUT2D eigenvalue weighted by atomic mass is 10.1. The molecule has 0 saturated carbocycles. The number of benzene rings is 2. The van der Waals surface area contributed by atoms with Gasteiger partial charge in [-0.1, -0.05) is 15.9 Å². The van der Waals surface area contributed by atoms with Crippen LogP contribution in [0.2, 0.25) is 0 Å². The fourth-order valence-corrected chi connectivity index (χ4v) is 2.63. The molecule has 0 aliphatic carbocycles. The molecule has 0 heterocycles. The third-order valence-corrected chi connectivity index (χ3v) is 3.84. The van der Waals surface area contributed by atoms with Gasteiger partial charge in [0.25, 0.3) is 5.69 Å². The summed E-state index contributed by atoms with van der Waals surface area (Å²) in [7, 11) is 2.88. The quantitative estimate of drug-likeness (QED) is 0.389. The first-order chi connectivity index (χ1) is 12.7. The minimum atomic E-state index is -4.69. The standard InChI is InChI=1S/C16H13BrF3N3O4/c1-26-14-7-11(17)5-9(15(14)27-2)8-21-22-12-4-3-10(16(18,19)20)6-13(12)23(24)25/h3-8,22H,1-2H3/b21-8-. The van der Waals surface area contributed by atoms with Crippen molar-refractivity contribution in [1.29, 1.82) is 0 Å². The summed E-state index contributed by atoms with van der Waals surface area (Å²) < 4.78 is 49.3. The van der Waals surface area contributed by atoms with Crippen molar-refractivity contribution in [3.8, 4) is 11.5 Å². The van der Waals surface area contributed by atoms with Gasteiger partial charge in [-0.3, -0.25) is 15.5 Å². The van der Waals surface area contributed by atoms with Gasteiger partial charge in [0.05, 0.1) is 30.9 Å². The van der Waals surface area contributed by atoms with Gasteiger partial charge in [-0.2, -0.15) is 18.3 Å². The normalized spacial score (nSPS) is 11.5.